The highest BCUT2D eigenvalue weighted by Crippen LogP contribution is 2.45. The maximum Gasteiger partial charge on any atom is 0.472 e. The van der Waals surface area contributed by atoms with Gasteiger partial charge in [-0.25, -0.2) is 9.13 Å². The van der Waals surface area contributed by atoms with Crippen molar-refractivity contribution in [3.63, 3.8) is 0 Å². The van der Waals surface area contributed by atoms with Crippen molar-refractivity contribution < 1.29 is 75.8 Å². The van der Waals surface area contributed by atoms with E-state index in [9.17, 15) is 43.5 Å². The zero-order valence-corrected chi connectivity index (χ0v) is 70.8. The van der Waals surface area contributed by atoms with Gasteiger partial charge in [0.1, 0.15) is 25.4 Å². The molecule has 0 bridgehead atoms. The van der Waals surface area contributed by atoms with Gasteiger partial charge in [-0.1, -0.05) is 331 Å². The summed E-state index contributed by atoms with van der Waals surface area (Å²) in [4.78, 5) is 58.9. The summed E-state index contributed by atoms with van der Waals surface area (Å²) < 4.78 is 61.3. The molecule has 0 saturated carbocycles. The monoisotopic (exact) mass is 1590 g/mol. The molecule has 0 heterocycles. The number of carbonyl (C=O) groups excluding carboxylic acids is 3. The number of esters is 3. The number of hydrogen-bond donors (Lipinski definition) is 4. The lowest BCUT2D eigenvalue weighted by molar-refractivity contribution is -0.161. The Kier molecular flexibility index (Phi) is 79.6. The molecule has 0 radical (unpaired) electrons. The first-order valence-electron chi connectivity index (χ1n) is 42.7. The molecule has 0 aliphatic carbocycles. The molecule has 5 atom stereocenters. The predicted octanol–water partition coefficient (Wildman–Crippen LogP) is 25.9. The number of ether oxygens (including phenoxy) is 3. The van der Waals surface area contributed by atoms with Crippen LogP contribution in [0.15, 0.2) is 194 Å². The third-order valence-electron chi connectivity index (χ3n) is 17.3. The molecule has 0 aromatic heterocycles. The number of rotatable bonds is 79. The second kappa shape index (κ2) is 83.8. The van der Waals surface area contributed by atoms with Gasteiger partial charge in [-0.2, -0.15) is 0 Å². The minimum absolute atomic E-state index is 0.0777. The van der Waals surface area contributed by atoms with E-state index in [2.05, 4.69) is 215 Å². The van der Waals surface area contributed by atoms with Crippen LogP contribution in [0.2, 0.25) is 0 Å². The van der Waals surface area contributed by atoms with Gasteiger partial charge in [-0.05, 0) is 161 Å². The maximum atomic E-state index is 13.0. The molecular weight excluding hydrogens is 1430 g/mol. The smallest absolute Gasteiger partial charge is 0.463 e. The van der Waals surface area contributed by atoms with E-state index in [1.165, 1.54) is 51.4 Å². The minimum atomic E-state index is -4.95. The van der Waals surface area contributed by atoms with Crippen LogP contribution in [0.1, 0.15) is 316 Å². The SMILES string of the molecule is CC/C=C\C/C=C\C/C=C\C/C=C\C/C=C\C/C=C\CCCCCCCCCCCCCCC(=O)OCC(O)COP(=O)(O)OCC(O)COP(=O)(O)OCC(COC(=O)CCCCCCCC/C=C\C/C=C\C/C=C\C/C=C\C/C=C\C/C=C\CC)OC(=O)CCCCCCCC/C=C\C/C=C\C/C=C\C/C=C\CC. The molecule has 0 fully saturated rings. The second-order valence-corrected chi connectivity index (χ2v) is 30.7. The van der Waals surface area contributed by atoms with Crippen LogP contribution in [0.5, 0.6) is 0 Å². The van der Waals surface area contributed by atoms with E-state index < -0.39 is 91.5 Å². The number of allylic oxidation sites excluding steroid dienone is 32. The van der Waals surface area contributed by atoms with Gasteiger partial charge in [0.2, 0.25) is 0 Å². The molecule has 0 aliphatic heterocycles. The number of aliphatic hydroxyl groups is 2. The minimum Gasteiger partial charge on any atom is -0.463 e. The van der Waals surface area contributed by atoms with E-state index in [1.54, 1.807) is 0 Å². The van der Waals surface area contributed by atoms with Crippen LogP contribution in [-0.2, 0) is 55.8 Å². The van der Waals surface area contributed by atoms with E-state index in [0.717, 1.165) is 205 Å². The van der Waals surface area contributed by atoms with Gasteiger partial charge in [0.05, 0.1) is 26.4 Å². The van der Waals surface area contributed by atoms with Crippen molar-refractivity contribution in [3.05, 3.63) is 194 Å². The molecule has 0 amide bonds. The fourth-order valence-electron chi connectivity index (χ4n) is 10.9. The van der Waals surface area contributed by atoms with Crippen molar-refractivity contribution in [1.82, 2.24) is 0 Å². The summed E-state index contributed by atoms with van der Waals surface area (Å²) in [6, 6.07) is 0. The molecule has 0 aromatic rings. The van der Waals surface area contributed by atoms with Gasteiger partial charge in [-0.15, -0.1) is 0 Å². The van der Waals surface area contributed by atoms with Crippen molar-refractivity contribution in [1.29, 1.82) is 0 Å². The first-order valence-corrected chi connectivity index (χ1v) is 45.7. The van der Waals surface area contributed by atoms with Crippen LogP contribution in [0.4, 0.5) is 0 Å². The van der Waals surface area contributed by atoms with Gasteiger partial charge < -0.3 is 34.2 Å². The molecule has 0 aliphatic rings. The lowest BCUT2D eigenvalue weighted by Gasteiger charge is -2.21. The highest BCUT2D eigenvalue weighted by molar-refractivity contribution is 7.47. The third-order valence-corrected chi connectivity index (χ3v) is 19.2. The average Bonchev–Trinajstić information content (AvgIpc) is 0.895. The molecule has 16 nitrogen and oxygen atoms in total. The summed E-state index contributed by atoms with van der Waals surface area (Å²) in [5.74, 6) is -1.62. The van der Waals surface area contributed by atoms with E-state index in [1.807, 2.05) is 0 Å². The van der Waals surface area contributed by atoms with Gasteiger partial charge in [0, 0.05) is 19.3 Å². The van der Waals surface area contributed by atoms with E-state index >= 15 is 0 Å². The Labute approximate surface area is 674 Å². The number of phosphoric ester groups is 2. The number of phosphoric acid groups is 2. The molecule has 18 heteroatoms. The highest BCUT2D eigenvalue weighted by Gasteiger charge is 2.29. The summed E-state index contributed by atoms with van der Waals surface area (Å²) in [6.07, 6.45) is 110. The van der Waals surface area contributed by atoms with Crippen LogP contribution < -0.4 is 0 Å². The predicted molar refractivity (Wildman–Crippen MR) is 463 cm³/mol. The Balaban J connectivity index is 4.62. The normalized spacial score (nSPS) is 14.8. The molecule has 4 N–H and O–H groups in total. The van der Waals surface area contributed by atoms with E-state index in [0.29, 0.717) is 19.3 Å². The summed E-state index contributed by atoms with van der Waals surface area (Å²) in [5.41, 5.74) is 0. The van der Waals surface area contributed by atoms with Crippen molar-refractivity contribution in [3.8, 4) is 0 Å². The fraction of sp³-hybridized carbons (Fsp3) is 0.624. The Bertz CT molecular complexity index is 2800. The topological polar surface area (TPSA) is 231 Å². The Hall–Kier alpha value is -5.61. The van der Waals surface area contributed by atoms with Crippen LogP contribution in [0.3, 0.4) is 0 Å². The summed E-state index contributed by atoms with van der Waals surface area (Å²) in [5, 5.41) is 20.7. The average molecular weight is 1590 g/mol. The molecule has 630 valence electrons. The van der Waals surface area contributed by atoms with Crippen molar-refractivity contribution in [2.45, 2.75) is 334 Å². The van der Waals surface area contributed by atoms with Gasteiger partial charge in [-0.3, -0.25) is 32.5 Å². The summed E-state index contributed by atoms with van der Waals surface area (Å²) >= 11 is 0. The zero-order chi connectivity index (χ0) is 80.8. The van der Waals surface area contributed by atoms with Gasteiger partial charge in [0.25, 0.3) is 0 Å². The van der Waals surface area contributed by atoms with Crippen LogP contribution >= 0.6 is 15.6 Å². The number of hydrogen-bond acceptors (Lipinski definition) is 14. The van der Waals surface area contributed by atoms with Crippen LogP contribution in [0, 0.1) is 0 Å². The number of carbonyl (C=O) groups is 3. The molecular formula is C93H152O16P2. The zero-order valence-electron chi connectivity index (χ0n) is 69.1. The molecule has 0 saturated heterocycles. The van der Waals surface area contributed by atoms with E-state index in [4.69, 9.17) is 32.3 Å². The summed E-state index contributed by atoms with van der Waals surface area (Å²) in [6.45, 7) is 2.31. The molecule has 0 spiro atoms. The first-order chi connectivity index (χ1) is 54.2. The van der Waals surface area contributed by atoms with Gasteiger partial charge in [0.15, 0.2) is 6.10 Å². The maximum absolute atomic E-state index is 13.0. The Morgan fingerprint density at radius 3 is 0.712 bits per heavy atom. The number of aliphatic hydroxyl groups excluding tert-OH is 2. The molecule has 0 aromatic carbocycles. The lowest BCUT2D eigenvalue weighted by Crippen LogP contribution is -2.30. The first kappa shape index (κ1) is 105. The van der Waals surface area contributed by atoms with E-state index in [-0.39, 0.29) is 19.3 Å². The quantitative estimate of drug-likeness (QED) is 0.0146. The van der Waals surface area contributed by atoms with Crippen molar-refractivity contribution >= 4 is 33.6 Å². The largest absolute Gasteiger partial charge is 0.472 e. The van der Waals surface area contributed by atoms with Crippen LogP contribution in [0.25, 0.3) is 0 Å². The van der Waals surface area contributed by atoms with Crippen molar-refractivity contribution in [2.24, 2.45) is 0 Å². The summed E-state index contributed by atoms with van der Waals surface area (Å²) in [7, 11) is -9.82. The highest BCUT2D eigenvalue weighted by atomic mass is 31.2. The van der Waals surface area contributed by atoms with Crippen LogP contribution in [-0.4, -0.2) is 95.9 Å². The molecule has 5 unspecified atom stereocenters. The molecule has 0 rings (SSSR count). The Morgan fingerprint density at radius 2 is 0.450 bits per heavy atom. The Morgan fingerprint density at radius 1 is 0.252 bits per heavy atom. The second-order valence-electron chi connectivity index (χ2n) is 27.8. The lowest BCUT2D eigenvalue weighted by atomic mass is 10.0. The third kappa shape index (κ3) is 85.1. The standard InChI is InChI=1S/C93H152O16P2/c1-4-7-10-13-16-19-22-25-28-31-34-36-38-40-41-42-43-44-45-47-49-50-53-55-58-61-64-67-70-73-76-79-91(96)103-82-88(94)83-105-110(99,100)106-84-89(95)85-107-111(101,102)108-87-90(109-93(98)81-78-75-72-69-66-63-60-57-52-33-30-27-24-21-18-15-12-9-6-3)86-104-92(97)80-77-74-71-68-65-62-59-56-54-51-48-46-39-37-35-32-29-26-23-20-17-14-11-8-5-2/h7-12,16-21,25-30,34-37,40-41,43-44,46,48,52,54,56-57,88-90,94-95H,4-6,13-15,22-24,31-33,38-39,42,45,47,49-51,53,55,58-87H2,1-3H3,(H,99,100)(H,101,102)/b10-7-,11-8-,12-9-,19-16-,20-17-,21-18-,28-25-,29-26-,30-27-,36-34-,37-35-,41-40-,44-43-,48-46-,56-54-,57-52-. The van der Waals surface area contributed by atoms with Gasteiger partial charge >= 0.3 is 33.6 Å². The fourth-order valence-corrected chi connectivity index (χ4v) is 12.5. The molecule has 111 heavy (non-hydrogen) atoms. The number of unbranched alkanes of at least 4 members (excludes halogenated alkanes) is 24. The van der Waals surface area contributed by atoms with Crippen molar-refractivity contribution in [2.75, 3.05) is 39.6 Å².